The predicted molar refractivity (Wildman–Crippen MR) is 98.3 cm³/mol. The third kappa shape index (κ3) is 2.50. The molecule has 1 aromatic heterocycles. The van der Waals surface area contributed by atoms with Crippen molar-refractivity contribution in [3.8, 4) is 0 Å². The van der Waals surface area contributed by atoms with Crippen molar-refractivity contribution in [2.45, 2.75) is 25.7 Å². The molecule has 0 fully saturated rings. The van der Waals surface area contributed by atoms with E-state index in [1.54, 1.807) is 24.3 Å². The van der Waals surface area contributed by atoms with Crippen molar-refractivity contribution in [1.82, 2.24) is 3.97 Å². The van der Waals surface area contributed by atoms with Crippen molar-refractivity contribution >= 4 is 43.1 Å². The second-order valence-corrected chi connectivity index (χ2v) is 8.53. The number of aryl methyl sites for hydroxylation is 3. The van der Waals surface area contributed by atoms with E-state index in [0.717, 1.165) is 23.0 Å². The lowest BCUT2D eigenvalue weighted by Crippen LogP contribution is -2.12. The summed E-state index contributed by atoms with van der Waals surface area (Å²) in [4.78, 5) is 11.7. The van der Waals surface area contributed by atoms with E-state index in [4.69, 9.17) is 0 Å². The van der Waals surface area contributed by atoms with Crippen molar-refractivity contribution in [3.05, 3.63) is 63.3 Å². The summed E-state index contributed by atoms with van der Waals surface area (Å²) in [6, 6.07) is 8.55. The SMILES string of the molecule is Cc1ccc(S(=O)(=O)n2cc(Br)c3c(C=O)c(C)cc(C)c32)cc1. The summed E-state index contributed by atoms with van der Waals surface area (Å²) in [5.74, 6) is 0. The summed E-state index contributed by atoms with van der Waals surface area (Å²) in [5.41, 5.74) is 3.63. The largest absolute Gasteiger partial charge is 0.298 e. The fraction of sp³-hybridized carbons (Fsp3) is 0.167. The maximum atomic E-state index is 13.1. The van der Waals surface area contributed by atoms with Gasteiger partial charge in [0, 0.05) is 21.6 Å². The van der Waals surface area contributed by atoms with Gasteiger partial charge < -0.3 is 0 Å². The monoisotopic (exact) mass is 405 g/mol. The van der Waals surface area contributed by atoms with Gasteiger partial charge in [0.2, 0.25) is 0 Å². The Balaban J connectivity index is 2.39. The smallest absolute Gasteiger partial charge is 0.268 e. The molecule has 124 valence electrons. The molecule has 0 N–H and O–H groups in total. The molecule has 24 heavy (non-hydrogen) atoms. The Kier molecular flexibility index (Phi) is 4.13. The van der Waals surface area contributed by atoms with Crippen LogP contribution in [0.15, 0.2) is 45.9 Å². The van der Waals surface area contributed by atoms with Crippen LogP contribution in [0.25, 0.3) is 10.9 Å². The number of carbonyl (C=O) groups excluding carboxylic acids is 1. The molecule has 6 heteroatoms. The third-order valence-electron chi connectivity index (χ3n) is 4.12. The van der Waals surface area contributed by atoms with Gasteiger partial charge in [-0.15, -0.1) is 0 Å². The minimum Gasteiger partial charge on any atom is -0.298 e. The van der Waals surface area contributed by atoms with Crippen LogP contribution in [0.2, 0.25) is 0 Å². The molecule has 0 spiro atoms. The zero-order valence-electron chi connectivity index (χ0n) is 13.5. The highest BCUT2D eigenvalue weighted by molar-refractivity contribution is 9.10. The summed E-state index contributed by atoms with van der Waals surface area (Å²) >= 11 is 3.41. The van der Waals surface area contributed by atoms with Gasteiger partial charge in [0.25, 0.3) is 10.0 Å². The normalized spacial score (nSPS) is 11.8. The van der Waals surface area contributed by atoms with Crippen LogP contribution in [-0.4, -0.2) is 18.7 Å². The summed E-state index contributed by atoms with van der Waals surface area (Å²) in [7, 11) is -3.75. The van der Waals surface area contributed by atoms with Crippen LogP contribution >= 0.6 is 15.9 Å². The summed E-state index contributed by atoms with van der Waals surface area (Å²) in [5, 5.41) is 0.623. The fourth-order valence-electron chi connectivity index (χ4n) is 2.92. The molecule has 0 saturated heterocycles. The molecule has 2 aromatic carbocycles. The number of rotatable bonds is 3. The Labute approximate surface area is 149 Å². The number of fused-ring (bicyclic) bond motifs is 1. The van der Waals surface area contributed by atoms with Gasteiger partial charge in [-0.05, 0) is 60.0 Å². The molecule has 0 saturated carbocycles. The van der Waals surface area contributed by atoms with E-state index in [2.05, 4.69) is 15.9 Å². The Bertz CT molecular complexity index is 1060. The molecule has 1 heterocycles. The highest BCUT2D eigenvalue weighted by Gasteiger charge is 2.24. The van der Waals surface area contributed by atoms with E-state index in [9.17, 15) is 13.2 Å². The van der Waals surface area contributed by atoms with Crippen molar-refractivity contribution in [3.63, 3.8) is 0 Å². The lowest BCUT2D eigenvalue weighted by Gasteiger charge is -2.11. The Morgan fingerprint density at radius 1 is 1.04 bits per heavy atom. The summed E-state index contributed by atoms with van der Waals surface area (Å²) in [6.45, 7) is 5.59. The van der Waals surface area contributed by atoms with Gasteiger partial charge in [0.15, 0.2) is 6.29 Å². The zero-order chi connectivity index (χ0) is 17.6. The lowest BCUT2D eigenvalue weighted by atomic mass is 10.0. The first-order valence-electron chi connectivity index (χ1n) is 7.35. The lowest BCUT2D eigenvalue weighted by molar-refractivity contribution is 0.112. The molecule has 0 aliphatic carbocycles. The molecule has 0 radical (unpaired) electrons. The Morgan fingerprint density at radius 2 is 1.67 bits per heavy atom. The van der Waals surface area contributed by atoms with Crippen LogP contribution in [-0.2, 0) is 10.0 Å². The second kappa shape index (κ2) is 5.86. The number of aldehydes is 1. The predicted octanol–water partition coefficient (Wildman–Crippen LogP) is 4.38. The molecule has 0 bridgehead atoms. The third-order valence-corrected chi connectivity index (χ3v) is 6.40. The Hall–Kier alpha value is -1.92. The molecule has 3 aromatic rings. The van der Waals surface area contributed by atoms with Crippen molar-refractivity contribution in [1.29, 1.82) is 0 Å². The van der Waals surface area contributed by atoms with Gasteiger partial charge in [-0.3, -0.25) is 4.79 Å². The van der Waals surface area contributed by atoms with Gasteiger partial charge in [-0.1, -0.05) is 23.8 Å². The first-order valence-corrected chi connectivity index (χ1v) is 9.59. The minimum atomic E-state index is -3.75. The quantitative estimate of drug-likeness (QED) is 0.607. The van der Waals surface area contributed by atoms with Crippen LogP contribution in [0.5, 0.6) is 0 Å². The van der Waals surface area contributed by atoms with E-state index in [-0.39, 0.29) is 4.90 Å². The highest BCUT2D eigenvalue weighted by atomic mass is 79.9. The van der Waals surface area contributed by atoms with Gasteiger partial charge >= 0.3 is 0 Å². The summed E-state index contributed by atoms with van der Waals surface area (Å²) in [6.07, 6.45) is 2.28. The molecule has 4 nitrogen and oxygen atoms in total. The molecule has 0 aliphatic heterocycles. The van der Waals surface area contributed by atoms with Gasteiger partial charge in [0.1, 0.15) is 0 Å². The van der Waals surface area contributed by atoms with Crippen LogP contribution < -0.4 is 0 Å². The van der Waals surface area contributed by atoms with Crippen molar-refractivity contribution < 1.29 is 13.2 Å². The maximum Gasteiger partial charge on any atom is 0.268 e. The van der Waals surface area contributed by atoms with E-state index < -0.39 is 10.0 Å². The zero-order valence-corrected chi connectivity index (χ0v) is 15.9. The second-order valence-electron chi connectivity index (χ2n) is 5.86. The van der Waals surface area contributed by atoms with E-state index in [1.807, 2.05) is 26.8 Å². The highest BCUT2D eigenvalue weighted by Crippen LogP contribution is 2.35. The summed E-state index contributed by atoms with van der Waals surface area (Å²) < 4.78 is 28.0. The topological polar surface area (TPSA) is 56.1 Å². The molecular weight excluding hydrogens is 390 g/mol. The van der Waals surface area contributed by atoms with Crippen LogP contribution in [0.1, 0.15) is 27.0 Å². The van der Waals surface area contributed by atoms with Gasteiger partial charge in [0.05, 0.1) is 10.4 Å². The van der Waals surface area contributed by atoms with E-state index >= 15 is 0 Å². The van der Waals surface area contributed by atoms with E-state index in [1.165, 1.54) is 10.2 Å². The molecular formula is C18H16BrNO3S. The van der Waals surface area contributed by atoms with Crippen LogP contribution in [0.3, 0.4) is 0 Å². The number of nitrogens with zero attached hydrogens (tertiary/aromatic N) is 1. The molecule has 3 rings (SSSR count). The molecule has 0 unspecified atom stereocenters. The minimum absolute atomic E-state index is 0.213. The van der Waals surface area contributed by atoms with E-state index in [0.29, 0.717) is 20.9 Å². The maximum absolute atomic E-state index is 13.1. The number of aromatic nitrogens is 1. The number of carbonyl (C=O) groups is 1. The van der Waals surface area contributed by atoms with Gasteiger partial charge in [-0.2, -0.15) is 0 Å². The van der Waals surface area contributed by atoms with Gasteiger partial charge in [-0.25, -0.2) is 12.4 Å². The first-order chi connectivity index (χ1) is 11.3. The fourth-order valence-corrected chi connectivity index (χ4v) is 5.08. The average Bonchev–Trinajstić information content (AvgIpc) is 2.87. The van der Waals surface area contributed by atoms with Crippen molar-refractivity contribution in [2.75, 3.05) is 0 Å². The average molecular weight is 406 g/mol. The number of hydrogen-bond acceptors (Lipinski definition) is 3. The standard InChI is InChI=1S/C18H16BrNO3S/c1-11-4-6-14(7-5-11)24(22,23)20-9-16(19)17-15(10-21)12(2)8-13(3)18(17)20/h4-10H,1-3H3. The molecule has 0 atom stereocenters. The van der Waals surface area contributed by atoms with Crippen LogP contribution in [0.4, 0.5) is 0 Å². The molecule has 0 amide bonds. The number of halogens is 1. The number of hydrogen-bond donors (Lipinski definition) is 0. The first kappa shape index (κ1) is 16.9. The Morgan fingerprint density at radius 3 is 2.25 bits per heavy atom. The number of benzene rings is 2. The van der Waals surface area contributed by atoms with Crippen molar-refractivity contribution in [2.24, 2.45) is 0 Å². The molecule has 0 aliphatic rings. The van der Waals surface area contributed by atoms with Crippen LogP contribution in [0, 0.1) is 20.8 Å².